The van der Waals surface area contributed by atoms with Crippen LogP contribution in [0.3, 0.4) is 0 Å². The molecule has 0 radical (unpaired) electrons. The van der Waals surface area contributed by atoms with Gasteiger partial charge in [0.25, 0.3) is 0 Å². The highest BCUT2D eigenvalue weighted by Gasteiger charge is 2.39. The van der Waals surface area contributed by atoms with Crippen molar-refractivity contribution < 1.29 is 13.5 Å². The number of nitrogens with one attached hydrogen (secondary N) is 1. The fourth-order valence-corrected chi connectivity index (χ4v) is 4.17. The van der Waals surface area contributed by atoms with E-state index in [0.717, 1.165) is 25.7 Å². The summed E-state index contributed by atoms with van der Waals surface area (Å²) in [5.74, 6) is 0. The third kappa shape index (κ3) is 2.70. The number of hydrogen-bond donors (Lipinski definition) is 2. The summed E-state index contributed by atoms with van der Waals surface area (Å²) in [7, 11) is -3.49. The number of sulfonamides is 1. The van der Waals surface area contributed by atoms with E-state index >= 15 is 0 Å². The molecule has 1 aliphatic rings. The van der Waals surface area contributed by atoms with Crippen LogP contribution >= 0.6 is 0 Å². The smallest absolute Gasteiger partial charge is 0.242 e. The zero-order valence-electron chi connectivity index (χ0n) is 11.5. The van der Waals surface area contributed by atoms with E-state index in [-0.39, 0.29) is 17.0 Å². The molecule has 1 heterocycles. The van der Waals surface area contributed by atoms with E-state index in [2.05, 4.69) is 4.72 Å². The van der Waals surface area contributed by atoms with Gasteiger partial charge in [0.1, 0.15) is 0 Å². The van der Waals surface area contributed by atoms with Crippen LogP contribution in [0.5, 0.6) is 0 Å². The lowest BCUT2D eigenvalue weighted by atomic mass is 9.76. The molecular formula is C13H22N2O3S. The van der Waals surface area contributed by atoms with E-state index in [0.29, 0.717) is 12.2 Å². The van der Waals surface area contributed by atoms with Crippen molar-refractivity contribution in [1.29, 1.82) is 0 Å². The van der Waals surface area contributed by atoms with Crippen molar-refractivity contribution in [2.24, 2.45) is 0 Å². The van der Waals surface area contributed by atoms with Crippen LogP contribution in [-0.4, -0.2) is 23.6 Å². The first-order valence-corrected chi connectivity index (χ1v) is 8.28. The standard InChI is InChI=1S/C13H22N2O3S/c1-3-13(6-5-7-13)14-19(17,18)12-8-11(10-16)15(4-2)9-12/h8-9,14,16H,3-7,10H2,1-2H3. The molecule has 1 fully saturated rings. The Morgan fingerprint density at radius 3 is 2.47 bits per heavy atom. The molecule has 0 amide bonds. The average Bonchev–Trinajstić information content (AvgIpc) is 2.77. The van der Waals surface area contributed by atoms with Gasteiger partial charge in [0.2, 0.25) is 10.0 Å². The number of rotatable bonds is 6. The van der Waals surface area contributed by atoms with E-state index in [1.807, 2.05) is 13.8 Å². The topological polar surface area (TPSA) is 71.3 Å². The monoisotopic (exact) mass is 286 g/mol. The van der Waals surface area contributed by atoms with Crippen molar-refractivity contribution in [2.45, 2.75) is 63.1 Å². The lowest BCUT2D eigenvalue weighted by Gasteiger charge is -2.41. The highest BCUT2D eigenvalue weighted by Crippen LogP contribution is 2.36. The quantitative estimate of drug-likeness (QED) is 0.834. The highest BCUT2D eigenvalue weighted by atomic mass is 32.2. The Labute approximate surface area is 114 Å². The molecule has 1 aromatic heterocycles. The molecule has 0 saturated heterocycles. The van der Waals surface area contributed by atoms with E-state index in [1.165, 1.54) is 0 Å². The Hall–Kier alpha value is -0.850. The molecule has 1 aliphatic carbocycles. The molecular weight excluding hydrogens is 264 g/mol. The van der Waals surface area contributed by atoms with Crippen LogP contribution in [0.15, 0.2) is 17.2 Å². The van der Waals surface area contributed by atoms with Gasteiger partial charge in [-0.2, -0.15) is 0 Å². The number of hydrogen-bond acceptors (Lipinski definition) is 3. The molecule has 108 valence electrons. The minimum atomic E-state index is -3.49. The Kier molecular flexibility index (Phi) is 4.03. The van der Waals surface area contributed by atoms with Gasteiger partial charge in [-0.15, -0.1) is 0 Å². The SMILES string of the molecule is CCn1cc(S(=O)(=O)NC2(CC)CCC2)cc1CO. The highest BCUT2D eigenvalue weighted by molar-refractivity contribution is 7.89. The number of aromatic nitrogens is 1. The van der Waals surface area contributed by atoms with Crippen LogP contribution in [0.2, 0.25) is 0 Å². The molecule has 6 heteroatoms. The zero-order valence-corrected chi connectivity index (χ0v) is 12.3. The number of aliphatic hydroxyl groups is 1. The van der Waals surface area contributed by atoms with Gasteiger partial charge in [0.05, 0.1) is 11.5 Å². The predicted octanol–water partition coefficient (Wildman–Crippen LogP) is 1.61. The van der Waals surface area contributed by atoms with Crippen LogP contribution in [0.25, 0.3) is 0 Å². The van der Waals surface area contributed by atoms with E-state index < -0.39 is 10.0 Å². The van der Waals surface area contributed by atoms with Crippen molar-refractivity contribution in [1.82, 2.24) is 9.29 Å². The Bertz CT molecular complexity index is 517. The summed E-state index contributed by atoms with van der Waals surface area (Å²) in [5.41, 5.74) is 0.369. The molecule has 5 nitrogen and oxygen atoms in total. The van der Waals surface area contributed by atoms with Crippen molar-refractivity contribution in [3.63, 3.8) is 0 Å². The normalized spacial score (nSPS) is 18.3. The zero-order chi connectivity index (χ0) is 14.1. The first-order valence-electron chi connectivity index (χ1n) is 6.80. The molecule has 0 atom stereocenters. The lowest BCUT2D eigenvalue weighted by Crippen LogP contribution is -2.52. The Morgan fingerprint density at radius 2 is 2.11 bits per heavy atom. The lowest BCUT2D eigenvalue weighted by molar-refractivity contribution is 0.214. The summed E-state index contributed by atoms with van der Waals surface area (Å²) in [4.78, 5) is 0.248. The van der Waals surface area contributed by atoms with Gasteiger partial charge in [-0.05, 0) is 38.7 Å². The fourth-order valence-electron chi connectivity index (χ4n) is 2.57. The second-order valence-corrected chi connectivity index (χ2v) is 6.89. The Morgan fingerprint density at radius 1 is 1.42 bits per heavy atom. The summed E-state index contributed by atoms with van der Waals surface area (Å²) < 4.78 is 29.4. The van der Waals surface area contributed by atoms with Crippen LogP contribution in [0, 0.1) is 0 Å². The largest absolute Gasteiger partial charge is 0.390 e. The van der Waals surface area contributed by atoms with Gasteiger partial charge < -0.3 is 9.67 Å². The van der Waals surface area contributed by atoms with E-state index in [4.69, 9.17) is 0 Å². The van der Waals surface area contributed by atoms with E-state index in [1.54, 1.807) is 16.8 Å². The maximum Gasteiger partial charge on any atom is 0.242 e. The first-order chi connectivity index (χ1) is 8.96. The van der Waals surface area contributed by atoms with Crippen LogP contribution < -0.4 is 4.72 Å². The summed E-state index contributed by atoms with van der Waals surface area (Å²) in [6, 6.07) is 1.55. The van der Waals surface area contributed by atoms with Crippen LogP contribution in [0.4, 0.5) is 0 Å². The number of aryl methyl sites for hydroxylation is 1. The second kappa shape index (κ2) is 5.26. The van der Waals surface area contributed by atoms with E-state index in [9.17, 15) is 13.5 Å². The molecule has 2 rings (SSSR count). The summed E-state index contributed by atoms with van der Waals surface area (Å²) in [6.45, 7) is 4.42. The minimum absolute atomic E-state index is 0.151. The van der Waals surface area contributed by atoms with Gasteiger partial charge >= 0.3 is 0 Å². The molecule has 2 N–H and O–H groups in total. The fraction of sp³-hybridized carbons (Fsp3) is 0.692. The third-order valence-electron chi connectivity index (χ3n) is 4.11. The van der Waals surface area contributed by atoms with Gasteiger partial charge in [-0.3, -0.25) is 0 Å². The van der Waals surface area contributed by atoms with Gasteiger partial charge in [0, 0.05) is 24.0 Å². The van der Waals surface area contributed by atoms with Gasteiger partial charge in [-0.1, -0.05) is 6.92 Å². The van der Waals surface area contributed by atoms with Gasteiger partial charge in [-0.25, -0.2) is 13.1 Å². The summed E-state index contributed by atoms with van der Waals surface area (Å²) in [5, 5.41) is 9.23. The van der Waals surface area contributed by atoms with Crippen molar-refractivity contribution in [3.8, 4) is 0 Å². The van der Waals surface area contributed by atoms with Crippen LogP contribution in [0.1, 0.15) is 45.2 Å². The summed E-state index contributed by atoms with van der Waals surface area (Å²) in [6.07, 6.45) is 5.30. The molecule has 0 aliphatic heterocycles. The first kappa shape index (κ1) is 14.6. The van der Waals surface area contributed by atoms with Crippen molar-refractivity contribution in [3.05, 3.63) is 18.0 Å². The van der Waals surface area contributed by atoms with Gasteiger partial charge in [0.15, 0.2) is 0 Å². The molecule has 19 heavy (non-hydrogen) atoms. The maximum absolute atomic E-state index is 12.4. The van der Waals surface area contributed by atoms with Crippen molar-refractivity contribution in [2.75, 3.05) is 0 Å². The molecule has 0 aromatic carbocycles. The molecule has 0 bridgehead atoms. The van der Waals surface area contributed by atoms with Crippen LogP contribution in [-0.2, 0) is 23.2 Å². The summed E-state index contributed by atoms with van der Waals surface area (Å²) >= 11 is 0. The molecule has 1 saturated carbocycles. The Balaban J connectivity index is 2.26. The predicted molar refractivity (Wildman–Crippen MR) is 73.2 cm³/mol. The maximum atomic E-state index is 12.4. The second-order valence-electron chi connectivity index (χ2n) is 5.20. The molecule has 0 unspecified atom stereocenters. The average molecular weight is 286 g/mol. The van der Waals surface area contributed by atoms with Crippen molar-refractivity contribution >= 4 is 10.0 Å². The third-order valence-corrected chi connectivity index (χ3v) is 5.66. The number of aliphatic hydroxyl groups excluding tert-OH is 1. The molecule has 0 spiro atoms. The molecule has 1 aromatic rings. The minimum Gasteiger partial charge on any atom is -0.390 e. The number of nitrogens with zero attached hydrogens (tertiary/aromatic N) is 1.